The van der Waals surface area contributed by atoms with Gasteiger partial charge in [0.2, 0.25) is 0 Å². The van der Waals surface area contributed by atoms with Crippen LogP contribution in [0.4, 0.5) is 4.39 Å². The van der Waals surface area contributed by atoms with Gasteiger partial charge < -0.3 is 15.2 Å². The second-order valence-electron chi connectivity index (χ2n) is 4.49. The van der Waals surface area contributed by atoms with Gasteiger partial charge in [-0.15, -0.1) is 0 Å². The van der Waals surface area contributed by atoms with E-state index in [4.69, 9.17) is 9.84 Å². The number of carboxylic acids is 1. The summed E-state index contributed by atoms with van der Waals surface area (Å²) in [5.74, 6) is -1.43. The number of carbonyl (C=O) groups excluding carboxylic acids is 1. The minimum atomic E-state index is -1.03. The number of hydrogen-bond donors (Lipinski definition) is 2. The molecule has 0 bridgehead atoms. The molecule has 2 rings (SSSR count). The van der Waals surface area contributed by atoms with Gasteiger partial charge in [-0.3, -0.25) is 4.79 Å². The largest absolute Gasteiger partial charge is 0.484 e. The molecule has 0 aliphatic heterocycles. The van der Waals surface area contributed by atoms with E-state index in [9.17, 15) is 14.0 Å². The first-order chi connectivity index (χ1) is 10.6. The Kier molecular flexibility index (Phi) is 5.08. The minimum Gasteiger partial charge on any atom is -0.484 e. The average molecular weight is 303 g/mol. The highest BCUT2D eigenvalue weighted by atomic mass is 19.1. The molecule has 0 saturated heterocycles. The van der Waals surface area contributed by atoms with Crippen LogP contribution in [0.3, 0.4) is 0 Å². The van der Waals surface area contributed by atoms with Gasteiger partial charge in [0.1, 0.15) is 11.6 Å². The molecule has 0 fully saturated rings. The van der Waals surface area contributed by atoms with Crippen molar-refractivity contribution in [2.75, 3.05) is 6.61 Å². The molecule has 0 saturated carbocycles. The van der Waals surface area contributed by atoms with Gasteiger partial charge >= 0.3 is 5.97 Å². The lowest BCUT2D eigenvalue weighted by atomic mass is 10.2. The number of aromatic carboxylic acids is 1. The van der Waals surface area contributed by atoms with Gasteiger partial charge in [-0.2, -0.15) is 0 Å². The SMILES string of the molecule is O=C(COc1ccc(C(=O)O)cc1)NCc1ccccc1F. The van der Waals surface area contributed by atoms with Gasteiger partial charge in [0.05, 0.1) is 5.56 Å². The molecule has 22 heavy (non-hydrogen) atoms. The maximum Gasteiger partial charge on any atom is 0.335 e. The van der Waals surface area contributed by atoms with Gasteiger partial charge in [-0.1, -0.05) is 18.2 Å². The van der Waals surface area contributed by atoms with Crippen LogP contribution in [0.5, 0.6) is 5.75 Å². The van der Waals surface area contributed by atoms with Gasteiger partial charge in [-0.05, 0) is 30.3 Å². The van der Waals surface area contributed by atoms with E-state index in [-0.39, 0.29) is 24.5 Å². The van der Waals surface area contributed by atoms with Crippen molar-refractivity contribution in [2.45, 2.75) is 6.54 Å². The Hall–Kier alpha value is -2.89. The summed E-state index contributed by atoms with van der Waals surface area (Å²) in [5, 5.41) is 11.3. The van der Waals surface area contributed by atoms with Crippen molar-refractivity contribution in [3.8, 4) is 5.75 Å². The van der Waals surface area contributed by atoms with Crippen LogP contribution in [0.2, 0.25) is 0 Å². The third-order valence-corrected chi connectivity index (χ3v) is 2.91. The second kappa shape index (κ2) is 7.21. The molecule has 2 aromatic carbocycles. The van der Waals surface area contributed by atoms with Crippen LogP contribution >= 0.6 is 0 Å². The standard InChI is InChI=1S/C16H14FNO4/c17-14-4-2-1-3-12(14)9-18-15(19)10-22-13-7-5-11(6-8-13)16(20)21/h1-8H,9-10H2,(H,18,19)(H,20,21). The highest BCUT2D eigenvalue weighted by Gasteiger charge is 2.06. The van der Waals surface area contributed by atoms with E-state index in [2.05, 4.69) is 5.32 Å². The van der Waals surface area contributed by atoms with Gasteiger partial charge in [0.15, 0.2) is 6.61 Å². The number of amides is 1. The van der Waals surface area contributed by atoms with Crippen LogP contribution in [0, 0.1) is 5.82 Å². The second-order valence-corrected chi connectivity index (χ2v) is 4.49. The van der Waals surface area contributed by atoms with Gasteiger partial charge in [0, 0.05) is 12.1 Å². The predicted molar refractivity (Wildman–Crippen MR) is 77.1 cm³/mol. The first-order valence-electron chi connectivity index (χ1n) is 6.52. The number of benzene rings is 2. The molecule has 0 spiro atoms. The average Bonchev–Trinajstić information content (AvgIpc) is 2.52. The van der Waals surface area contributed by atoms with Crippen LogP contribution in [0.1, 0.15) is 15.9 Å². The molecule has 0 unspecified atom stereocenters. The molecule has 0 radical (unpaired) electrons. The number of nitrogens with one attached hydrogen (secondary N) is 1. The smallest absolute Gasteiger partial charge is 0.335 e. The normalized spacial score (nSPS) is 10.0. The summed E-state index contributed by atoms with van der Waals surface area (Å²) < 4.78 is 18.6. The lowest BCUT2D eigenvalue weighted by molar-refractivity contribution is -0.123. The lowest BCUT2D eigenvalue weighted by Crippen LogP contribution is -2.28. The Balaban J connectivity index is 1.80. The van der Waals surface area contributed by atoms with Gasteiger partial charge in [-0.25, -0.2) is 9.18 Å². The molecule has 1 amide bonds. The predicted octanol–water partition coefficient (Wildman–Crippen LogP) is 2.22. The molecular weight excluding hydrogens is 289 g/mol. The van der Waals surface area contributed by atoms with Crippen molar-refractivity contribution in [1.29, 1.82) is 0 Å². The maximum atomic E-state index is 13.4. The molecule has 5 nitrogen and oxygen atoms in total. The summed E-state index contributed by atoms with van der Waals surface area (Å²) >= 11 is 0. The zero-order valence-electron chi connectivity index (χ0n) is 11.6. The molecule has 0 heterocycles. The Morgan fingerprint density at radius 1 is 1.09 bits per heavy atom. The van der Waals surface area contributed by atoms with E-state index in [0.29, 0.717) is 11.3 Å². The Labute approximate surface area is 126 Å². The first kappa shape index (κ1) is 15.5. The Morgan fingerprint density at radius 2 is 1.77 bits per heavy atom. The molecule has 6 heteroatoms. The Morgan fingerprint density at radius 3 is 2.41 bits per heavy atom. The van der Waals surface area contributed by atoms with E-state index in [1.807, 2.05) is 0 Å². The fourth-order valence-electron chi connectivity index (χ4n) is 1.73. The summed E-state index contributed by atoms with van der Waals surface area (Å²) in [7, 11) is 0. The Bertz CT molecular complexity index is 670. The number of hydrogen-bond acceptors (Lipinski definition) is 3. The maximum absolute atomic E-state index is 13.4. The van der Waals surface area contributed by atoms with Crippen molar-refractivity contribution >= 4 is 11.9 Å². The molecule has 2 aromatic rings. The van der Waals surface area contributed by atoms with Crippen LogP contribution in [0.25, 0.3) is 0 Å². The van der Waals surface area contributed by atoms with E-state index in [0.717, 1.165) is 0 Å². The third kappa shape index (κ3) is 4.31. The summed E-state index contributed by atoms with van der Waals surface area (Å²) in [6.45, 7) is -0.159. The highest BCUT2D eigenvalue weighted by Crippen LogP contribution is 2.12. The molecular formula is C16H14FNO4. The van der Waals surface area contributed by atoms with E-state index in [1.165, 1.54) is 30.3 Å². The van der Waals surface area contributed by atoms with E-state index >= 15 is 0 Å². The summed E-state index contributed by atoms with van der Waals surface area (Å²) in [5.41, 5.74) is 0.526. The molecule has 2 N–H and O–H groups in total. The quantitative estimate of drug-likeness (QED) is 0.858. The van der Waals surface area contributed by atoms with Crippen LogP contribution in [-0.4, -0.2) is 23.6 Å². The number of rotatable bonds is 6. The third-order valence-electron chi connectivity index (χ3n) is 2.91. The molecule has 0 aromatic heterocycles. The highest BCUT2D eigenvalue weighted by molar-refractivity contribution is 5.87. The van der Waals surface area contributed by atoms with Crippen molar-refractivity contribution in [1.82, 2.24) is 5.32 Å². The summed E-state index contributed by atoms with van der Waals surface area (Å²) in [6.07, 6.45) is 0. The topological polar surface area (TPSA) is 75.6 Å². The molecule has 0 aliphatic rings. The van der Waals surface area contributed by atoms with Crippen LogP contribution < -0.4 is 10.1 Å². The number of halogens is 1. The van der Waals surface area contributed by atoms with E-state index < -0.39 is 11.9 Å². The first-order valence-corrected chi connectivity index (χ1v) is 6.52. The van der Waals surface area contributed by atoms with Crippen molar-refractivity contribution < 1.29 is 23.8 Å². The van der Waals surface area contributed by atoms with Crippen LogP contribution in [-0.2, 0) is 11.3 Å². The van der Waals surface area contributed by atoms with Crippen molar-refractivity contribution in [3.63, 3.8) is 0 Å². The molecule has 114 valence electrons. The number of carbonyl (C=O) groups is 2. The van der Waals surface area contributed by atoms with Gasteiger partial charge in [0.25, 0.3) is 5.91 Å². The minimum absolute atomic E-state index is 0.0762. The number of ether oxygens (including phenoxy) is 1. The fraction of sp³-hybridized carbons (Fsp3) is 0.125. The van der Waals surface area contributed by atoms with Crippen molar-refractivity contribution in [2.24, 2.45) is 0 Å². The molecule has 0 aliphatic carbocycles. The summed E-state index contributed by atoms with van der Waals surface area (Å²) in [4.78, 5) is 22.3. The van der Waals surface area contributed by atoms with Crippen molar-refractivity contribution in [3.05, 3.63) is 65.5 Å². The zero-order chi connectivity index (χ0) is 15.9. The zero-order valence-corrected chi connectivity index (χ0v) is 11.6. The molecule has 0 atom stereocenters. The van der Waals surface area contributed by atoms with E-state index in [1.54, 1.807) is 18.2 Å². The fourth-order valence-corrected chi connectivity index (χ4v) is 1.73. The van der Waals surface area contributed by atoms with Crippen LogP contribution in [0.15, 0.2) is 48.5 Å². The summed E-state index contributed by atoms with van der Waals surface area (Å²) in [6, 6.07) is 11.9. The monoisotopic (exact) mass is 303 g/mol. The lowest BCUT2D eigenvalue weighted by Gasteiger charge is -2.08. The number of carboxylic acid groups (broad SMARTS) is 1.